The van der Waals surface area contributed by atoms with E-state index in [0.29, 0.717) is 6.04 Å². The van der Waals surface area contributed by atoms with Crippen molar-refractivity contribution in [2.75, 3.05) is 39.9 Å². The smallest absolute Gasteiger partial charge is 0.158 e. The van der Waals surface area contributed by atoms with Crippen molar-refractivity contribution in [1.29, 1.82) is 0 Å². The molecule has 1 aliphatic rings. The van der Waals surface area contributed by atoms with Gasteiger partial charge >= 0.3 is 0 Å². The van der Waals surface area contributed by atoms with Crippen LogP contribution in [0.5, 0.6) is 0 Å². The van der Waals surface area contributed by atoms with E-state index in [9.17, 15) is 0 Å². The zero-order valence-corrected chi connectivity index (χ0v) is 12.3. The summed E-state index contributed by atoms with van der Waals surface area (Å²) in [6.07, 6.45) is 4.92. The Kier molecular flexibility index (Phi) is 8.59. The zero-order valence-electron chi connectivity index (χ0n) is 12.3. The van der Waals surface area contributed by atoms with Crippen LogP contribution in [0.15, 0.2) is 0 Å². The SMILES string of the molecule is CCOC(CCN(C)CC1CCCCN1)OCC. The summed E-state index contributed by atoms with van der Waals surface area (Å²) in [6.45, 7) is 8.81. The molecule has 1 heterocycles. The Labute approximate surface area is 112 Å². The van der Waals surface area contributed by atoms with E-state index in [2.05, 4.69) is 17.3 Å². The predicted octanol–water partition coefficient (Wildman–Crippen LogP) is 1.85. The van der Waals surface area contributed by atoms with Crippen LogP contribution < -0.4 is 5.32 Å². The van der Waals surface area contributed by atoms with Crippen LogP contribution >= 0.6 is 0 Å². The lowest BCUT2D eigenvalue weighted by atomic mass is 10.0. The van der Waals surface area contributed by atoms with Crippen LogP contribution in [0.1, 0.15) is 39.5 Å². The molecule has 0 aromatic rings. The molecule has 0 aliphatic carbocycles. The Balaban J connectivity index is 2.15. The maximum absolute atomic E-state index is 5.56. The average Bonchev–Trinajstić information content (AvgIpc) is 2.38. The highest BCUT2D eigenvalue weighted by Crippen LogP contribution is 2.09. The fraction of sp³-hybridized carbons (Fsp3) is 1.00. The molecular weight excluding hydrogens is 228 g/mol. The van der Waals surface area contributed by atoms with Gasteiger partial charge in [-0.1, -0.05) is 6.42 Å². The number of ether oxygens (including phenoxy) is 2. The number of nitrogens with zero attached hydrogens (tertiary/aromatic N) is 1. The molecule has 0 spiro atoms. The van der Waals surface area contributed by atoms with E-state index in [4.69, 9.17) is 9.47 Å². The van der Waals surface area contributed by atoms with Crippen LogP contribution in [-0.4, -0.2) is 57.1 Å². The van der Waals surface area contributed by atoms with E-state index in [0.717, 1.165) is 32.7 Å². The zero-order chi connectivity index (χ0) is 13.2. The predicted molar refractivity (Wildman–Crippen MR) is 74.8 cm³/mol. The first-order valence-corrected chi connectivity index (χ1v) is 7.41. The Morgan fingerprint density at radius 1 is 1.22 bits per heavy atom. The minimum atomic E-state index is -0.0400. The van der Waals surface area contributed by atoms with Crippen LogP contribution in [-0.2, 0) is 9.47 Å². The van der Waals surface area contributed by atoms with Crippen molar-refractivity contribution in [1.82, 2.24) is 10.2 Å². The minimum absolute atomic E-state index is 0.0400. The van der Waals surface area contributed by atoms with Gasteiger partial charge in [-0.3, -0.25) is 0 Å². The van der Waals surface area contributed by atoms with E-state index < -0.39 is 0 Å². The van der Waals surface area contributed by atoms with Gasteiger partial charge in [0.1, 0.15) is 0 Å². The van der Waals surface area contributed by atoms with Crippen molar-refractivity contribution in [3.63, 3.8) is 0 Å². The van der Waals surface area contributed by atoms with Crippen molar-refractivity contribution in [3.05, 3.63) is 0 Å². The van der Waals surface area contributed by atoms with Gasteiger partial charge in [-0.25, -0.2) is 0 Å². The van der Waals surface area contributed by atoms with Gasteiger partial charge in [-0.05, 0) is 40.3 Å². The fourth-order valence-corrected chi connectivity index (χ4v) is 2.46. The van der Waals surface area contributed by atoms with E-state index in [1.807, 2.05) is 13.8 Å². The van der Waals surface area contributed by atoms with Gasteiger partial charge in [0.2, 0.25) is 0 Å². The maximum Gasteiger partial charge on any atom is 0.158 e. The molecule has 4 nitrogen and oxygen atoms in total. The average molecular weight is 258 g/mol. The molecule has 0 saturated carbocycles. The molecule has 1 atom stereocenters. The van der Waals surface area contributed by atoms with E-state index in [1.165, 1.54) is 25.8 Å². The number of piperidine rings is 1. The Morgan fingerprint density at radius 3 is 2.50 bits per heavy atom. The van der Waals surface area contributed by atoms with Crippen molar-refractivity contribution >= 4 is 0 Å². The normalized spacial score (nSPS) is 20.8. The molecule has 1 unspecified atom stereocenters. The number of hydrogen-bond donors (Lipinski definition) is 1. The van der Waals surface area contributed by atoms with Crippen molar-refractivity contribution in [2.24, 2.45) is 0 Å². The fourth-order valence-electron chi connectivity index (χ4n) is 2.46. The first kappa shape index (κ1) is 15.9. The van der Waals surface area contributed by atoms with E-state index >= 15 is 0 Å². The van der Waals surface area contributed by atoms with Crippen LogP contribution in [0, 0.1) is 0 Å². The summed E-state index contributed by atoms with van der Waals surface area (Å²) in [5, 5.41) is 3.58. The largest absolute Gasteiger partial charge is 0.353 e. The molecule has 0 amide bonds. The molecule has 4 heteroatoms. The van der Waals surface area contributed by atoms with E-state index in [-0.39, 0.29) is 6.29 Å². The lowest BCUT2D eigenvalue weighted by molar-refractivity contribution is -0.141. The number of likely N-dealkylation sites (N-methyl/N-ethyl adjacent to an activating group) is 1. The number of nitrogens with one attached hydrogen (secondary N) is 1. The van der Waals surface area contributed by atoms with Crippen molar-refractivity contribution < 1.29 is 9.47 Å². The lowest BCUT2D eigenvalue weighted by Gasteiger charge is -2.29. The molecule has 1 rings (SSSR count). The first-order valence-electron chi connectivity index (χ1n) is 7.41. The molecular formula is C14H30N2O2. The van der Waals surface area contributed by atoms with Gasteiger partial charge in [0, 0.05) is 38.8 Å². The van der Waals surface area contributed by atoms with Crippen molar-refractivity contribution in [3.8, 4) is 0 Å². The van der Waals surface area contributed by atoms with Gasteiger partial charge in [0.05, 0.1) is 0 Å². The summed E-state index contributed by atoms with van der Waals surface area (Å²) < 4.78 is 11.1. The molecule has 0 aromatic heterocycles. The van der Waals surface area contributed by atoms with Gasteiger partial charge < -0.3 is 19.7 Å². The molecule has 18 heavy (non-hydrogen) atoms. The van der Waals surface area contributed by atoms with Crippen LogP contribution in [0.3, 0.4) is 0 Å². The van der Waals surface area contributed by atoms with Crippen molar-refractivity contribution in [2.45, 2.75) is 51.9 Å². The highest BCUT2D eigenvalue weighted by atomic mass is 16.7. The second-order valence-electron chi connectivity index (χ2n) is 5.04. The third-order valence-electron chi connectivity index (χ3n) is 3.40. The number of rotatable bonds is 9. The van der Waals surface area contributed by atoms with Crippen LogP contribution in [0.2, 0.25) is 0 Å². The molecule has 0 bridgehead atoms. The summed E-state index contributed by atoms with van der Waals surface area (Å²) in [5.74, 6) is 0. The van der Waals surface area contributed by atoms with Crippen LogP contribution in [0.25, 0.3) is 0 Å². The maximum atomic E-state index is 5.56. The summed E-state index contributed by atoms with van der Waals surface area (Å²) >= 11 is 0. The lowest BCUT2D eigenvalue weighted by Crippen LogP contribution is -2.43. The summed E-state index contributed by atoms with van der Waals surface area (Å²) in [6, 6.07) is 0.668. The first-order chi connectivity index (χ1) is 8.76. The molecule has 1 aliphatic heterocycles. The van der Waals surface area contributed by atoms with Gasteiger partial charge in [-0.15, -0.1) is 0 Å². The molecule has 108 valence electrons. The Hall–Kier alpha value is -0.160. The molecule has 0 radical (unpaired) electrons. The molecule has 0 aromatic carbocycles. The topological polar surface area (TPSA) is 33.7 Å². The van der Waals surface area contributed by atoms with E-state index in [1.54, 1.807) is 0 Å². The number of hydrogen-bond acceptors (Lipinski definition) is 4. The third kappa shape index (κ3) is 6.69. The molecule has 1 saturated heterocycles. The quantitative estimate of drug-likeness (QED) is 0.640. The highest BCUT2D eigenvalue weighted by molar-refractivity contribution is 4.75. The Morgan fingerprint density at radius 2 is 1.94 bits per heavy atom. The Bertz CT molecular complexity index is 190. The van der Waals surface area contributed by atoms with Gasteiger partial charge in [0.15, 0.2) is 6.29 Å². The van der Waals surface area contributed by atoms with Gasteiger partial charge in [0.25, 0.3) is 0 Å². The highest BCUT2D eigenvalue weighted by Gasteiger charge is 2.15. The van der Waals surface area contributed by atoms with Gasteiger partial charge in [-0.2, -0.15) is 0 Å². The monoisotopic (exact) mass is 258 g/mol. The molecule has 1 fully saturated rings. The third-order valence-corrected chi connectivity index (χ3v) is 3.40. The second-order valence-corrected chi connectivity index (χ2v) is 5.04. The summed E-state index contributed by atoms with van der Waals surface area (Å²) in [7, 11) is 2.19. The summed E-state index contributed by atoms with van der Waals surface area (Å²) in [4.78, 5) is 2.38. The van der Waals surface area contributed by atoms with Crippen LogP contribution in [0.4, 0.5) is 0 Å². The standard InChI is InChI=1S/C14H30N2O2/c1-4-17-14(18-5-2)9-11-16(3)12-13-8-6-7-10-15-13/h13-15H,4-12H2,1-3H3. The summed E-state index contributed by atoms with van der Waals surface area (Å²) in [5.41, 5.74) is 0. The second kappa shape index (κ2) is 9.73. The minimum Gasteiger partial charge on any atom is -0.353 e. The molecule has 1 N–H and O–H groups in total.